The summed E-state index contributed by atoms with van der Waals surface area (Å²) in [6.07, 6.45) is 6.01. The van der Waals surface area contributed by atoms with Crippen molar-refractivity contribution in [2.45, 2.75) is 77.2 Å². The van der Waals surface area contributed by atoms with Crippen molar-refractivity contribution in [3.05, 3.63) is 113 Å². The molecule has 3 nitrogen and oxygen atoms in total. The number of benzene rings is 3. The first-order chi connectivity index (χ1) is 17.1. The molecule has 0 atom stereocenters. The Morgan fingerprint density at radius 1 is 0.861 bits per heavy atom. The van der Waals surface area contributed by atoms with Crippen molar-refractivity contribution in [3.63, 3.8) is 0 Å². The lowest BCUT2D eigenvalue weighted by Crippen LogP contribution is -2.33. The second kappa shape index (κ2) is 12.1. The zero-order valence-corrected chi connectivity index (χ0v) is 22.2. The van der Waals surface area contributed by atoms with Crippen molar-refractivity contribution >= 4 is 5.97 Å². The van der Waals surface area contributed by atoms with Gasteiger partial charge in [-0.05, 0) is 76.5 Å². The van der Waals surface area contributed by atoms with Crippen LogP contribution in [0.1, 0.15) is 74.8 Å². The molecule has 0 aromatic heterocycles. The Morgan fingerprint density at radius 3 is 2.08 bits per heavy atom. The van der Waals surface area contributed by atoms with Gasteiger partial charge in [-0.1, -0.05) is 94.4 Å². The monoisotopic (exact) mass is 484 g/mol. The third-order valence-corrected chi connectivity index (χ3v) is 7.10. The number of allylic oxidation sites excluding steroid dienone is 1. The van der Waals surface area contributed by atoms with Crippen LogP contribution in [0.4, 0.5) is 0 Å². The molecule has 0 unspecified atom stereocenters. The Hall–Kier alpha value is -3.33. The molecule has 0 heterocycles. The number of aliphatic carboxylic acids is 1. The molecule has 0 saturated heterocycles. The van der Waals surface area contributed by atoms with Crippen LogP contribution in [0.15, 0.2) is 85.5 Å². The van der Waals surface area contributed by atoms with Gasteiger partial charge in [0.1, 0.15) is 12.4 Å². The maximum atomic E-state index is 10.7. The molecular formula is C33H40O3. The standard InChI is InChI=1S/C24H30O3.C9H10/c1-23(2)13-14-24(3,4)21-15-18(7-11-20(21)23)16-27-19-9-5-17(6-10-19)8-12-22(25)26;1-2-6-9-7-4-3-5-8-9/h5-7,9-11,15H,8,12-14,16H2,1-4H3,(H,25,26);2-5,7-8H,1,6H2. The summed E-state index contributed by atoms with van der Waals surface area (Å²) >= 11 is 0. The molecule has 0 radical (unpaired) electrons. The molecule has 190 valence electrons. The van der Waals surface area contributed by atoms with Crippen LogP contribution in [0, 0.1) is 0 Å². The fraction of sp³-hybridized carbons (Fsp3) is 0.364. The van der Waals surface area contributed by atoms with Gasteiger partial charge < -0.3 is 9.84 Å². The summed E-state index contributed by atoms with van der Waals surface area (Å²) in [7, 11) is 0. The van der Waals surface area contributed by atoms with Crippen molar-refractivity contribution in [1.29, 1.82) is 0 Å². The van der Waals surface area contributed by atoms with Crippen LogP contribution in [0.3, 0.4) is 0 Å². The quantitative estimate of drug-likeness (QED) is 0.329. The number of carboxylic acid groups (broad SMARTS) is 1. The summed E-state index contributed by atoms with van der Waals surface area (Å²) in [5.41, 5.74) is 6.88. The van der Waals surface area contributed by atoms with E-state index in [4.69, 9.17) is 9.84 Å². The summed E-state index contributed by atoms with van der Waals surface area (Å²) in [6.45, 7) is 13.5. The van der Waals surface area contributed by atoms with Crippen LogP contribution in [0.2, 0.25) is 0 Å². The lowest BCUT2D eigenvalue weighted by molar-refractivity contribution is -0.136. The summed E-state index contributed by atoms with van der Waals surface area (Å²) in [5.74, 6) is 0.0419. The number of fused-ring (bicyclic) bond motifs is 1. The van der Waals surface area contributed by atoms with Crippen LogP contribution in [0.5, 0.6) is 5.75 Å². The highest BCUT2D eigenvalue weighted by molar-refractivity contribution is 5.67. The zero-order valence-electron chi connectivity index (χ0n) is 22.2. The first kappa shape index (κ1) is 27.3. The number of carboxylic acids is 1. The van der Waals surface area contributed by atoms with Crippen molar-refractivity contribution in [2.75, 3.05) is 0 Å². The van der Waals surface area contributed by atoms with E-state index >= 15 is 0 Å². The molecule has 3 aromatic carbocycles. The van der Waals surface area contributed by atoms with E-state index in [0.29, 0.717) is 13.0 Å². The van der Waals surface area contributed by atoms with Gasteiger partial charge in [-0.2, -0.15) is 0 Å². The van der Waals surface area contributed by atoms with E-state index in [0.717, 1.165) is 17.7 Å². The molecule has 4 rings (SSSR count). The highest BCUT2D eigenvalue weighted by Gasteiger charge is 2.36. The van der Waals surface area contributed by atoms with E-state index in [1.54, 1.807) is 0 Å². The Bertz CT molecular complexity index is 1140. The van der Waals surface area contributed by atoms with Crippen LogP contribution in [0.25, 0.3) is 0 Å². The topological polar surface area (TPSA) is 46.5 Å². The molecule has 1 aliphatic carbocycles. The van der Waals surface area contributed by atoms with Gasteiger partial charge in [-0.3, -0.25) is 4.79 Å². The molecular weight excluding hydrogens is 444 g/mol. The minimum atomic E-state index is -0.770. The van der Waals surface area contributed by atoms with Crippen molar-refractivity contribution in [3.8, 4) is 5.75 Å². The molecule has 0 bridgehead atoms. The fourth-order valence-electron chi connectivity index (χ4n) is 4.68. The second-order valence-electron chi connectivity index (χ2n) is 11.0. The SMILES string of the molecule is C=CCc1ccccc1.CC1(C)CCC(C)(C)c2cc(COc3ccc(CCC(=O)O)cc3)ccc21. The maximum absolute atomic E-state index is 10.7. The number of aryl methyl sites for hydroxylation is 1. The third-order valence-electron chi connectivity index (χ3n) is 7.10. The molecule has 36 heavy (non-hydrogen) atoms. The smallest absolute Gasteiger partial charge is 0.303 e. The predicted octanol–water partition coefficient (Wildman–Crippen LogP) is 8.05. The van der Waals surface area contributed by atoms with E-state index in [1.807, 2.05) is 48.5 Å². The first-order valence-electron chi connectivity index (χ1n) is 12.8. The minimum Gasteiger partial charge on any atom is -0.489 e. The van der Waals surface area contributed by atoms with Crippen LogP contribution in [-0.4, -0.2) is 11.1 Å². The molecule has 0 fully saturated rings. The number of hydrogen-bond donors (Lipinski definition) is 1. The first-order valence-corrected chi connectivity index (χ1v) is 12.8. The van der Waals surface area contributed by atoms with Gasteiger partial charge in [-0.25, -0.2) is 0 Å². The molecule has 0 saturated carbocycles. The minimum absolute atomic E-state index is 0.154. The number of ether oxygens (including phenoxy) is 1. The summed E-state index contributed by atoms with van der Waals surface area (Å²) < 4.78 is 5.97. The molecule has 1 N–H and O–H groups in total. The Labute approximate surface area is 216 Å². The average Bonchev–Trinajstić information content (AvgIpc) is 2.86. The lowest BCUT2D eigenvalue weighted by atomic mass is 9.63. The van der Waals surface area contributed by atoms with E-state index in [2.05, 4.69) is 64.6 Å². The molecule has 0 aliphatic heterocycles. The van der Waals surface area contributed by atoms with Crippen LogP contribution < -0.4 is 4.74 Å². The normalized spacial score (nSPS) is 15.1. The Kier molecular flexibility index (Phi) is 9.14. The highest BCUT2D eigenvalue weighted by Crippen LogP contribution is 2.45. The van der Waals surface area contributed by atoms with Gasteiger partial charge in [0.2, 0.25) is 0 Å². The second-order valence-corrected chi connectivity index (χ2v) is 11.0. The van der Waals surface area contributed by atoms with Gasteiger partial charge in [0.25, 0.3) is 0 Å². The van der Waals surface area contributed by atoms with Gasteiger partial charge >= 0.3 is 5.97 Å². The van der Waals surface area contributed by atoms with E-state index < -0.39 is 5.97 Å². The molecule has 0 amide bonds. The van der Waals surface area contributed by atoms with Gasteiger partial charge in [0, 0.05) is 6.42 Å². The number of hydrogen-bond acceptors (Lipinski definition) is 2. The highest BCUT2D eigenvalue weighted by atomic mass is 16.5. The maximum Gasteiger partial charge on any atom is 0.303 e. The summed E-state index contributed by atoms with van der Waals surface area (Å²) in [5, 5.41) is 8.77. The van der Waals surface area contributed by atoms with Gasteiger partial charge in [-0.15, -0.1) is 6.58 Å². The summed E-state index contributed by atoms with van der Waals surface area (Å²) in [4.78, 5) is 10.7. The van der Waals surface area contributed by atoms with Crippen LogP contribution >= 0.6 is 0 Å². The Morgan fingerprint density at radius 2 is 1.47 bits per heavy atom. The predicted molar refractivity (Wildman–Crippen MR) is 149 cm³/mol. The third kappa shape index (κ3) is 7.58. The number of rotatable bonds is 8. The summed E-state index contributed by atoms with van der Waals surface area (Å²) in [6, 6.07) is 24.8. The largest absolute Gasteiger partial charge is 0.489 e. The van der Waals surface area contributed by atoms with Gasteiger partial charge in [0.05, 0.1) is 0 Å². The Balaban J connectivity index is 0.000000338. The van der Waals surface area contributed by atoms with Crippen molar-refractivity contribution < 1.29 is 14.6 Å². The van der Waals surface area contributed by atoms with E-state index in [1.165, 1.54) is 35.1 Å². The van der Waals surface area contributed by atoms with Gasteiger partial charge in [0.15, 0.2) is 0 Å². The van der Waals surface area contributed by atoms with Crippen molar-refractivity contribution in [1.82, 2.24) is 0 Å². The number of carbonyl (C=O) groups is 1. The van der Waals surface area contributed by atoms with Crippen molar-refractivity contribution in [2.24, 2.45) is 0 Å². The zero-order chi connectivity index (χ0) is 26.2. The van der Waals surface area contributed by atoms with E-state index in [-0.39, 0.29) is 17.3 Å². The lowest BCUT2D eigenvalue weighted by Gasteiger charge is -2.42. The fourth-order valence-corrected chi connectivity index (χ4v) is 4.68. The van der Waals surface area contributed by atoms with Crippen LogP contribution in [-0.2, 0) is 35.1 Å². The molecule has 3 aromatic rings. The molecule has 0 spiro atoms. The average molecular weight is 485 g/mol. The van der Waals surface area contributed by atoms with E-state index in [9.17, 15) is 4.79 Å². The molecule has 3 heteroatoms. The molecule has 1 aliphatic rings.